The molecule has 0 atom stereocenters. The second-order valence-corrected chi connectivity index (χ2v) is 5.97. The first kappa shape index (κ1) is 16.4. The molecule has 0 aromatic carbocycles. The van der Waals surface area contributed by atoms with Crippen molar-refractivity contribution in [1.82, 2.24) is 15.3 Å². The topological polar surface area (TPSA) is 47.0 Å². The molecule has 1 aliphatic rings. The van der Waals surface area contributed by atoms with Gasteiger partial charge in [0.25, 0.3) is 0 Å². The van der Waals surface area contributed by atoms with Crippen LogP contribution >= 0.6 is 0 Å². The number of rotatable bonds is 7. The lowest BCUT2D eigenvalue weighted by Crippen LogP contribution is -2.19. The minimum atomic E-state index is 0.483. The number of aromatic nitrogens is 2. The molecule has 0 aliphatic carbocycles. The molecule has 2 heterocycles. The predicted octanol–water partition coefficient (Wildman–Crippen LogP) is 2.92. The first-order valence-electron chi connectivity index (χ1n) is 8.34. The fourth-order valence-corrected chi connectivity index (χ4v) is 2.96. The molecule has 0 unspecified atom stereocenters. The Labute approximate surface area is 128 Å². The molecule has 2 rings (SSSR count). The van der Waals surface area contributed by atoms with Crippen LogP contribution in [0.1, 0.15) is 61.3 Å². The van der Waals surface area contributed by atoms with Gasteiger partial charge in [-0.2, -0.15) is 0 Å². The van der Waals surface area contributed by atoms with Gasteiger partial charge in [-0.1, -0.05) is 6.92 Å². The maximum absolute atomic E-state index is 5.43. The average Bonchev–Trinajstić information content (AvgIpc) is 2.50. The van der Waals surface area contributed by atoms with E-state index in [1.165, 1.54) is 23.4 Å². The van der Waals surface area contributed by atoms with Crippen molar-refractivity contribution >= 4 is 0 Å². The summed E-state index contributed by atoms with van der Waals surface area (Å²) in [5, 5.41) is 3.45. The SMILES string of the molecule is CCCNCCCc1c(C)nc(C2CCOCC2)nc1C. The zero-order chi connectivity index (χ0) is 15.1. The lowest BCUT2D eigenvalue weighted by atomic mass is 9.98. The monoisotopic (exact) mass is 291 g/mol. The van der Waals surface area contributed by atoms with Crippen molar-refractivity contribution in [2.45, 2.75) is 58.8 Å². The van der Waals surface area contributed by atoms with Gasteiger partial charge in [0.05, 0.1) is 0 Å². The highest BCUT2D eigenvalue weighted by Gasteiger charge is 2.20. The van der Waals surface area contributed by atoms with E-state index >= 15 is 0 Å². The van der Waals surface area contributed by atoms with Crippen LogP contribution in [0.15, 0.2) is 0 Å². The minimum absolute atomic E-state index is 0.483. The standard InChI is InChI=1S/C17H29N3O/c1-4-9-18-10-5-6-16-13(2)19-17(20-14(16)3)15-7-11-21-12-8-15/h15,18H,4-12H2,1-3H3. The fourth-order valence-electron chi connectivity index (χ4n) is 2.96. The third-order valence-electron chi connectivity index (χ3n) is 4.23. The fraction of sp³-hybridized carbons (Fsp3) is 0.765. The molecule has 21 heavy (non-hydrogen) atoms. The second kappa shape index (κ2) is 8.44. The highest BCUT2D eigenvalue weighted by atomic mass is 16.5. The Morgan fingerprint density at radius 3 is 2.38 bits per heavy atom. The van der Waals surface area contributed by atoms with Crippen LogP contribution in [0.2, 0.25) is 0 Å². The first-order chi connectivity index (χ1) is 10.2. The normalized spacial score (nSPS) is 16.3. The number of hydrogen-bond donors (Lipinski definition) is 1. The summed E-state index contributed by atoms with van der Waals surface area (Å²) < 4.78 is 5.43. The molecule has 0 radical (unpaired) electrons. The lowest BCUT2D eigenvalue weighted by Gasteiger charge is -2.22. The second-order valence-electron chi connectivity index (χ2n) is 5.97. The van der Waals surface area contributed by atoms with Crippen LogP contribution in [0.5, 0.6) is 0 Å². The van der Waals surface area contributed by atoms with Crippen molar-refractivity contribution in [3.8, 4) is 0 Å². The Kier molecular flexibility index (Phi) is 6.58. The Morgan fingerprint density at radius 1 is 1.10 bits per heavy atom. The Morgan fingerprint density at radius 2 is 1.76 bits per heavy atom. The van der Waals surface area contributed by atoms with Crippen molar-refractivity contribution in [2.75, 3.05) is 26.3 Å². The van der Waals surface area contributed by atoms with E-state index in [4.69, 9.17) is 14.7 Å². The van der Waals surface area contributed by atoms with E-state index in [1.54, 1.807) is 0 Å². The molecule has 118 valence electrons. The maximum atomic E-state index is 5.43. The van der Waals surface area contributed by atoms with Crippen molar-refractivity contribution in [2.24, 2.45) is 0 Å². The van der Waals surface area contributed by atoms with Crippen LogP contribution < -0.4 is 5.32 Å². The Bertz CT molecular complexity index is 419. The number of ether oxygens (including phenoxy) is 1. The molecule has 0 spiro atoms. The highest BCUT2D eigenvalue weighted by molar-refractivity contribution is 5.25. The third kappa shape index (κ3) is 4.75. The van der Waals surface area contributed by atoms with Gasteiger partial charge in [-0.25, -0.2) is 9.97 Å². The summed E-state index contributed by atoms with van der Waals surface area (Å²) >= 11 is 0. The van der Waals surface area contributed by atoms with E-state index in [9.17, 15) is 0 Å². The predicted molar refractivity (Wildman–Crippen MR) is 85.8 cm³/mol. The van der Waals surface area contributed by atoms with Crippen LogP contribution in [0.3, 0.4) is 0 Å². The average molecular weight is 291 g/mol. The van der Waals surface area contributed by atoms with Crippen LogP contribution in [0.4, 0.5) is 0 Å². The molecule has 4 heteroatoms. The smallest absolute Gasteiger partial charge is 0.132 e. The summed E-state index contributed by atoms with van der Waals surface area (Å²) in [6.07, 6.45) is 5.53. The quantitative estimate of drug-likeness (QED) is 0.785. The van der Waals surface area contributed by atoms with E-state index in [0.717, 1.165) is 57.8 Å². The highest BCUT2D eigenvalue weighted by Crippen LogP contribution is 2.25. The van der Waals surface area contributed by atoms with E-state index in [-0.39, 0.29) is 0 Å². The summed E-state index contributed by atoms with van der Waals surface area (Å²) in [6, 6.07) is 0. The van der Waals surface area contributed by atoms with Crippen molar-refractivity contribution in [1.29, 1.82) is 0 Å². The third-order valence-corrected chi connectivity index (χ3v) is 4.23. The van der Waals surface area contributed by atoms with Gasteiger partial charge in [-0.15, -0.1) is 0 Å². The molecule has 0 amide bonds. The zero-order valence-electron chi connectivity index (χ0n) is 13.7. The zero-order valence-corrected chi connectivity index (χ0v) is 13.7. The molecule has 1 aromatic rings. The summed E-state index contributed by atoms with van der Waals surface area (Å²) in [7, 11) is 0. The Hall–Kier alpha value is -1.00. The number of aryl methyl sites for hydroxylation is 2. The number of nitrogens with one attached hydrogen (secondary N) is 1. The molecular formula is C17H29N3O. The van der Waals surface area contributed by atoms with Gasteiger partial charge < -0.3 is 10.1 Å². The maximum Gasteiger partial charge on any atom is 0.132 e. The largest absolute Gasteiger partial charge is 0.381 e. The molecular weight excluding hydrogens is 262 g/mol. The van der Waals surface area contributed by atoms with Crippen LogP contribution in [0.25, 0.3) is 0 Å². The number of nitrogens with zero attached hydrogens (tertiary/aromatic N) is 2. The summed E-state index contributed by atoms with van der Waals surface area (Å²) in [6.45, 7) is 10.3. The van der Waals surface area contributed by atoms with Crippen LogP contribution in [-0.4, -0.2) is 36.3 Å². The van der Waals surface area contributed by atoms with Gasteiger partial charge in [0, 0.05) is 30.5 Å². The van der Waals surface area contributed by atoms with Crippen LogP contribution in [0, 0.1) is 13.8 Å². The van der Waals surface area contributed by atoms with E-state index < -0.39 is 0 Å². The van der Waals surface area contributed by atoms with Crippen molar-refractivity contribution < 1.29 is 4.74 Å². The summed E-state index contributed by atoms with van der Waals surface area (Å²) in [4.78, 5) is 9.57. The van der Waals surface area contributed by atoms with Gasteiger partial charge >= 0.3 is 0 Å². The Balaban J connectivity index is 1.96. The van der Waals surface area contributed by atoms with E-state index in [2.05, 4.69) is 26.1 Å². The van der Waals surface area contributed by atoms with Crippen molar-refractivity contribution in [3.05, 3.63) is 22.8 Å². The molecule has 1 aromatic heterocycles. The lowest BCUT2D eigenvalue weighted by molar-refractivity contribution is 0.0835. The molecule has 1 fully saturated rings. The van der Waals surface area contributed by atoms with Gasteiger partial charge in [-0.05, 0) is 64.6 Å². The van der Waals surface area contributed by atoms with Crippen LogP contribution in [-0.2, 0) is 11.2 Å². The number of hydrogen-bond acceptors (Lipinski definition) is 4. The van der Waals surface area contributed by atoms with Gasteiger partial charge in [0.15, 0.2) is 0 Å². The van der Waals surface area contributed by atoms with Crippen molar-refractivity contribution in [3.63, 3.8) is 0 Å². The summed E-state index contributed by atoms with van der Waals surface area (Å²) in [5.74, 6) is 1.51. The van der Waals surface area contributed by atoms with Gasteiger partial charge in [-0.3, -0.25) is 0 Å². The molecule has 4 nitrogen and oxygen atoms in total. The molecule has 0 saturated carbocycles. The van der Waals surface area contributed by atoms with E-state index in [0.29, 0.717) is 5.92 Å². The first-order valence-corrected chi connectivity index (χ1v) is 8.34. The molecule has 1 N–H and O–H groups in total. The molecule has 0 bridgehead atoms. The molecule has 1 aliphatic heterocycles. The van der Waals surface area contributed by atoms with Gasteiger partial charge in [0.1, 0.15) is 5.82 Å². The minimum Gasteiger partial charge on any atom is -0.381 e. The van der Waals surface area contributed by atoms with Gasteiger partial charge in [0.2, 0.25) is 0 Å². The summed E-state index contributed by atoms with van der Waals surface area (Å²) in [5.41, 5.74) is 3.67. The van der Waals surface area contributed by atoms with E-state index in [1.807, 2.05) is 0 Å². The molecule has 1 saturated heterocycles.